The minimum absolute atomic E-state index is 0.116. The Morgan fingerprint density at radius 3 is 2.90 bits per heavy atom. The first-order valence-electron chi connectivity index (χ1n) is 7.07. The zero-order valence-corrected chi connectivity index (χ0v) is 12.6. The summed E-state index contributed by atoms with van der Waals surface area (Å²) in [5.41, 5.74) is 0.872. The van der Waals surface area contributed by atoms with Crippen LogP contribution in [0.3, 0.4) is 0 Å². The molecule has 1 aromatic rings. The second-order valence-electron chi connectivity index (χ2n) is 5.07. The highest BCUT2D eigenvalue weighted by Crippen LogP contribution is 2.28. The first kappa shape index (κ1) is 15.2. The highest BCUT2D eigenvalue weighted by Gasteiger charge is 2.28. The number of carbonyl (C=O) groups excluding carboxylic acids is 2. The standard InChI is InChI=1S/C15H21N3O3/c1-4-18(3)15(20)10(2)17-14(19)13-9-16-11-7-5-6-8-12(11)21-13/h5-8,10,13,16H,4,9H2,1-3H3,(H,17,19). The van der Waals surface area contributed by atoms with Gasteiger partial charge in [0.2, 0.25) is 5.91 Å². The number of rotatable bonds is 4. The average molecular weight is 291 g/mol. The lowest BCUT2D eigenvalue weighted by Gasteiger charge is -2.28. The van der Waals surface area contributed by atoms with E-state index in [1.165, 1.54) is 0 Å². The molecule has 1 aliphatic rings. The molecule has 2 amide bonds. The van der Waals surface area contributed by atoms with E-state index in [0.29, 0.717) is 18.8 Å². The Hall–Kier alpha value is -2.24. The molecule has 21 heavy (non-hydrogen) atoms. The number of nitrogens with zero attached hydrogens (tertiary/aromatic N) is 1. The fourth-order valence-electron chi connectivity index (χ4n) is 2.11. The van der Waals surface area contributed by atoms with E-state index in [1.807, 2.05) is 25.1 Å². The lowest BCUT2D eigenvalue weighted by Crippen LogP contribution is -2.52. The summed E-state index contributed by atoms with van der Waals surface area (Å²) in [6.45, 7) is 4.55. The monoisotopic (exact) mass is 291 g/mol. The zero-order chi connectivity index (χ0) is 15.4. The van der Waals surface area contributed by atoms with Gasteiger partial charge in [0.15, 0.2) is 6.10 Å². The fourth-order valence-corrected chi connectivity index (χ4v) is 2.11. The third-order valence-electron chi connectivity index (χ3n) is 3.51. The van der Waals surface area contributed by atoms with Crippen molar-refractivity contribution in [1.29, 1.82) is 0 Å². The summed E-state index contributed by atoms with van der Waals surface area (Å²) in [6.07, 6.45) is -0.637. The highest BCUT2D eigenvalue weighted by atomic mass is 16.5. The number of hydrogen-bond acceptors (Lipinski definition) is 4. The van der Waals surface area contributed by atoms with Crippen LogP contribution in [0.15, 0.2) is 24.3 Å². The van der Waals surface area contributed by atoms with E-state index in [0.717, 1.165) is 5.69 Å². The number of carbonyl (C=O) groups is 2. The topological polar surface area (TPSA) is 70.7 Å². The van der Waals surface area contributed by atoms with Crippen molar-refractivity contribution >= 4 is 17.5 Å². The number of likely N-dealkylation sites (N-methyl/N-ethyl adjacent to an activating group) is 1. The maximum absolute atomic E-state index is 12.2. The first-order chi connectivity index (χ1) is 10.0. The molecule has 1 aromatic carbocycles. The predicted octanol–water partition coefficient (Wildman–Crippen LogP) is 0.843. The Labute approximate surface area is 124 Å². The Balaban J connectivity index is 1.95. The smallest absolute Gasteiger partial charge is 0.263 e. The number of benzene rings is 1. The van der Waals surface area contributed by atoms with Crippen LogP contribution in [-0.4, -0.2) is 49.0 Å². The maximum Gasteiger partial charge on any atom is 0.263 e. The predicted molar refractivity (Wildman–Crippen MR) is 80.3 cm³/mol. The number of amides is 2. The Morgan fingerprint density at radius 1 is 1.48 bits per heavy atom. The quantitative estimate of drug-likeness (QED) is 0.862. The van der Waals surface area contributed by atoms with E-state index >= 15 is 0 Å². The molecule has 0 spiro atoms. The van der Waals surface area contributed by atoms with Gasteiger partial charge in [-0.15, -0.1) is 0 Å². The molecular formula is C15H21N3O3. The summed E-state index contributed by atoms with van der Waals surface area (Å²) in [6, 6.07) is 6.89. The van der Waals surface area contributed by atoms with Gasteiger partial charge in [0.25, 0.3) is 5.91 Å². The van der Waals surface area contributed by atoms with Gasteiger partial charge in [-0.05, 0) is 26.0 Å². The van der Waals surface area contributed by atoms with Crippen molar-refractivity contribution in [2.45, 2.75) is 26.0 Å². The van der Waals surface area contributed by atoms with Crippen LogP contribution in [-0.2, 0) is 9.59 Å². The summed E-state index contributed by atoms with van der Waals surface area (Å²) < 4.78 is 5.66. The number of anilines is 1. The van der Waals surface area contributed by atoms with Crippen molar-refractivity contribution in [3.05, 3.63) is 24.3 Å². The van der Waals surface area contributed by atoms with Gasteiger partial charge in [-0.25, -0.2) is 0 Å². The van der Waals surface area contributed by atoms with E-state index in [2.05, 4.69) is 10.6 Å². The van der Waals surface area contributed by atoms with Crippen LogP contribution in [0.5, 0.6) is 5.75 Å². The van der Waals surface area contributed by atoms with E-state index in [-0.39, 0.29) is 11.8 Å². The van der Waals surface area contributed by atoms with Gasteiger partial charge in [0.05, 0.1) is 12.2 Å². The van der Waals surface area contributed by atoms with E-state index in [9.17, 15) is 9.59 Å². The molecule has 2 rings (SSSR count). The number of para-hydroxylation sites is 2. The molecule has 2 unspecified atom stereocenters. The van der Waals surface area contributed by atoms with Gasteiger partial charge in [0, 0.05) is 13.6 Å². The zero-order valence-electron chi connectivity index (χ0n) is 12.6. The average Bonchev–Trinajstić information content (AvgIpc) is 2.52. The Bertz CT molecular complexity index is 533. The van der Waals surface area contributed by atoms with E-state index in [4.69, 9.17) is 4.74 Å². The molecule has 114 valence electrons. The van der Waals surface area contributed by atoms with Crippen LogP contribution in [0, 0.1) is 0 Å². The van der Waals surface area contributed by atoms with E-state index in [1.54, 1.807) is 24.9 Å². The molecule has 2 atom stereocenters. The molecule has 0 aromatic heterocycles. The number of hydrogen-bond donors (Lipinski definition) is 2. The largest absolute Gasteiger partial charge is 0.477 e. The number of nitrogens with one attached hydrogen (secondary N) is 2. The molecule has 2 N–H and O–H groups in total. The van der Waals surface area contributed by atoms with Gasteiger partial charge in [-0.2, -0.15) is 0 Å². The van der Waals surface area contributed by atoms with Crippen molar-refractivity contribution in [1.82, 2.24) is 10.2 Å². The molecule has 6 nitrogen and oxygen atoms in total. The van der Waals surface area contributed by atoms with Crippen LogP contribution in [0.1, 0.15) is 13.8 Å². The van der Waals surface area contributed by atoms with Crippen LogP contribution >= 0.6 is 0 Å². The molecule has 0 radical (unpaired) electrons. The molecule has 0 bridgehead atoms. The second kappa shape index (κ2) is 6.47. The summed E-state index contributed by atoms with van der Waals surface area (Å²) in [5, 5.41) is 5.85. The van der Waals surface area contributed by atoms with Crippen molar-refractivity contribution in [2.24, 2.45) is 0 Å². The molecular weight excluding hydrogens is 270 g/mol. The SMILES string of the molecule is CCN(C)C(=O)C(C)NC(=O)C1CNc2ccccc2O1. The molecule has 1 heterocycles. The summed E-state index contributed by atoms with van der Waals surface area (Å²) in [5.74, 6) is 0.242. The lowest BCUT2D eigenvalue weighted by molar-refractivity contribution is -0.136. The maximum atomic E-state index is 12.2. The van der Waals surface area contributed by atoms with Crippen LogP contribution in [0.4, 0.5) is 5.69 Å². The van der Waals surface area contributed by atoms with E-state index < -0.39 is 12.1 Å². The van der Waals surface area contributed by atoms with Gasteiger partial charge in [0.1, 0.15) is 11.8 Å². The van der Waals surface area contributed by atoms with Crippen molar-refractivity contribution in [2.75, 3.05) is 25.5 Å². The van der Waals surface area contributed by atoms with Gasteiger partial charge in [-0.3, -0.25) is 9.59 Å². The molecule has 0 saturated heterocycles. The summed E-state index contributed by atoms with van der Waals surface area (Å²) in [4.78, 5) is 25.7. The third-order valence-corrected chi connectivity index (χ3v) is 3.51. The summed E-state index contributed by atoms with van der Waals surface area (Å²) >= 11 is 0. The first-order valence-corrected chi connectivity index (χ1v) is 7.07. The molecule has 6 heteroatoms. The van der Waals surface area contributed by atoms with Crippen molar-refractivity contribution in [3.8, 4) is 5.75 Å². The Kier molecular flexibility index (Phi) is 4.67. The number of ether oxygens (including phenoxy) is 1. The second-order valence-corrected chi connectivity index (χ2v) is 5.07. The molecule has 0 saturated carbocycles. The fraction of sp³-hybridized carbons (Fsp3) is 0.467. The third kappa shape index (κ3) is 3.45. The Morgan fingerprint density at radius 2 is 2.19 bits per heavy atom. The van der Waals surface area contributed by atoms with Gasteiger partial charge >= 0.3 is 0 Å². The lowest BCUT2D eigenvalue weighted by atomic mass is 10.2. The summed E-state index contributed by atoms with van der Waals surface area (Å²) in [7, 11) is 1.71. The van der Waals surface area contributed by atoms with Crippen LogP contribution in [0.25, 0.3) is 0 Å². The molecule has 0 fully saturated rings. The minimum atomic E-state index is -0.637. The van der Waals surface area contributed by atoms with Crippen molar-refractivity contribution < 1.29 is 14.3 Å². The van der Waals surface area contributed by atoms with Gasteiger partial charge < -0.3 is 20.3 Å². The van der Waals surface area contributed by atoms with Gasteiger partial charge in [-0.1, -0.05) is 12.1 Å². The van der Waals surface area contributed by atoms with Crippen molar-refractivity contribution in [3.63, 3.8) is 0 Å². The molecule has 1 aliphatic heterocycles. The number of fused-ring (bicyclic) bond motifs is 1. The highest BCUT2D eigenvalue weighted by molar-refractivity contribution is 5.89. The molecule has 0 aliphatic carbocycles. The minimum Gasteiger partial charge on any atom is -0.477 e. The van der Waals surface area contributed by atoms with Crippen LogP contribution < -0.4 is 15.4 Å². The van der Waals surface area contributed by atoms with Crippen LogP contribution in [0.2, 0.25) is 0 Å². The normalized spacial score (nSPS) is 17.8.